The van der Waals surface area contributed by atoms with Crippen molar-refractivity contribution in [3.8, 4) is 11.1 Å². The van der Waals surface area contributed by atoms with E-state index >= 15 is 0 Å². The summed E-state index contributed by atoms with van der Waals surface area (Å²) in [5.41, 5.74) is -0.767. The molecule has 0 aromatic heterocycles. The van der Waals surface area contributed by atoms with E-state index in [4.69, 9.17) is 11.6 Å². The highest BCUT2D eigenvalue weighted by Crippen LogP contribution is 2.37. The van der Waals surface area contributed by atoms with Gasteiger partial charge in [-0.1, -0.05) is 87.0 Å². The zero-order valence-corrected chi connectivity index (χ0v) is 38.0. The van der Waals surface area contributed by atoms with Crippen molar-refractivity contribution >= 4 is 62.4 Å². The molecule has 6 rings (SSSR count). The van der Waals surface area contributed by atoms with Gasteiger partial charge in [0.1, 0.15) is 4.90 Å². The van der Waals surface area contributed by atoms with E-state index in [1.807, 2.05) is 72.8 Å². The zero-order valence-electron chi connectivity index (χ0n) is 34.8. The van der Waals surface area contributed by atoms with Gasteiger partial charge in [-0.3, -0.25) is 14.4 Å². The Kier molecular flexibility index (Phi) is 17.9. The number of sulfone groups is 1. The third-order valence-electron chi connectivity index (χ3n) is 9.89. The third kappa shape index (κ3) is 14.2. The molecule has 1 aliphatic rings. The van der Waals surface area contributed by atoms with Crippen LogP contribution in [0.15, 0.2) is 136 Å². The molecular formula is C46H53ClF3N5O3S3. The number of hydrogen-bond acceptors (Lipinski definition) is 9. The lowest BCUT2D eigenvalue weighted by Gasteiger charge is -2.36. The number of hydrogen-bond donors (Lipinski definition) is 2. The Labute approximate surface area is 372 Å². The van der Waals surface area contributed by atoms with Crippen LogP contribution in [0, 0.1) is 5.92 Å². The summed E-state index contributed by atoms with van der Waals surface area (Å²) in [6.45, 7) is 13.4. The summed E-state index contributed by atoms with van der Waals surface area (Å²) in [6.07, 6.45) is 0. The number of carbonyl (C=O) groups excluding carboxylic acids is 1. The first kappa shape index (κ1) is 47.9. The van der Waals surface area contributed by atoms with Gasteiger partial charge < -0.3 is 15.1 Å². The molecular weight excluding hydrogens is 859 g/mol. The van der Waals surface area contributed by atoms with Crippen LogP contribution in [-0.4, -0.2) is 88.2 Å². The first-order valence-electron chi connectivity index (χ1n) is 20.1. The number of rotatable bonds is 16. The summed E-state index contributed by atoms with van der Waals surface area (Å²) >= 11 is 8.33. The summed E-state index contributed by atoms with van der Waals surface area (Å²) in [7, 11) is -3.51. The molecule has 0 bridgehead atoms. The number of benzene rings is 5. The van der Waals surface area contributed by atoms with Gasteiger partial charge >= 0.3 is 5.51 Å². The molecule has 0 atom stereocenters. The molecule has 5 aromatic carbocycles. The lowest BCUT2D eigenvalue weighted by atomic mass is 9.99. The molecule has 1 fully saturated rings. The minimum Gasteiger partial charge on any atom is -0.383 e. The average Bonchev–Trinajstić information content (AvgIpc) is 3.25. The van der Waals surface area contributed by atoms with Gasteiger partial charge in [0.2, 0.25) is 0 Å². The van der Waals surface area contributed by atoms with Crippen molar-refractivity contribution in [2.24, 2.45) is 5.92 Å². The van der Waals surface area contributed by atoms with Crippen LogP contribution in [0.4, 0.5) is 24.5 Å². The van der Waals surface area contributed by atoms with Crippen LogP contribution in [0.2, 0.25) is 5.02 Å². The summed E-state index contributed by atoms with van der Waals surface area (Å²) in [4.78, 5) is 20.2. The molecule has 326 valence electrons. The molecule has 1 aliphatic heterocycles. The summed E-state index contributed by atoms with van der Waals surface area (Å²) in [6, 6.07) is 36.5. The first-order valence-corrected chi connectivity index (χ1v) is 23.7. The predicted molar refractivity (Wildman–Crippen MR) is 247 cm³/mol. The molecule has 5 aromatic rings. The highest BCUT2D eigenvalue weighted by Gasteiger charge is 2.48. The standard InChI is InChI=1S/C39H36ClF3N4O3S3.C7H17N/c40-31-14-10-28(11-15-31)35-9-5-4-6-30(35)27-46-21-23-47(24-22-46)32-16-12-29(13-17-32)38(48)45-52-34-18-19-36(37(26-34)53(49,50)39(41,42)43)44-20-25-51-33-7-2-1-3-8-33;1-5-8(4)6-7(2)3/h1-19,26,44H,20-25,27H2,(H,45,48);7H,5-6H2,1-4H3. The average molecular weight is 913 g/mol. The van der Waals surface area contributed by atoms with Crippen molar-refractivity contribution in [1.29, 1.82) is 0 Å². The fourth-order valence-corrected chi connectivity index (χ4v) is 9.24. The molecule has 2 N–H and O–H groups in total. The second-order valence-corrected chi connectivity index (χ2v) is 19.3. The van der Waals surface area contributed by atoms with Crippen LogP contribution >= 0.6 is 35.3 Å². The molecule has 15 heteroatoms. The van der Waals surface area contributed by atoms with E-state index in [9.17, 15) is 26.4 Å². The van der Waals surface area contributed by atoms with Crippen molar-refractivity contribution in [1.82, 2.24) is 14.5 Å². The highest BCUT2D eigenvalue weighted by atomic mass is 35.5. The largest absolute Gasteiger partial charge is 0.501 e. The molecule has 1 heterocycles. The molecule has 0 aliphatic carbocycles. The van der Waals surface area contributed by atoms with Crippen LogP contribution in [0.25, 0.3) is 11.1 Å². The van der Waals surface area contributed by atoms with Crippen molar-refractivity contribution in [3.05, 3.63) is 137 Å². The number of piperazine rings is 1. The van der Waals surface area contributed by atoms with Gasteiger partial charge in [-0.2, -0.15) is 13.2 Å². The van der Waals surface area contributed by atoms with E-state index in [2.05, 4.69) is 70.8 Å². The van der Waals surface area contributed by atoms with Crippen molar-refractivity contribution in [3.63, 3.8) is 0 Å². The number of thioether (sulfide) groups is 1. The van der Waals surface area contributed by atoms with E-state index in [0.29, 0.717) is 16.3 Å². The monoisotopic (exact) mass is 911 g/mol. The van der Waals surface area contributed by atoms with E-state index in [1.54, 1.807) is 12.1 Å². The van der Waals surface area contributed by atoms with E-state index < -0.39 is 26.1 Å². The smallest absolute Gasteiger partial charge is 0.383 e. The van der Waals surface area contributed by atoms with Crippen LogP contribution in [0.3, 0.4) is 0 Å². The quantitative estimate of drug-likeness (QED) is 0.0571. The van der Waals surface area contributed by atoms with Crippen molar-refractivity contribution in [2.75, 3.05) is 68.8 Å². The zero-order chi connectivity index (χ0) is 44.0. The number of anilines is 2. The predicted octanol–water partition coefficient (Wildman–Crippen LogP) is 10.9. The Hall–Kier alpha value is -4.18. The molecule has 0 unspecified atom stereocenters. The Morgan fingerprint density at radius 2 is 1.51 bits per heavy atom. The minimum atomic E-state index is -5.67. The maximum Gasteiger partial charge on any atom is 0.501 e. The normalized spacial score (nSPS) is 13.5. The Morgan fingerprint density at radius 1 is 0.852 bits per heavy atom. The maximum absolute atomic E-state index is 13.6. The SMILES string of the molecule is CCN(C)CC(C)C.O=C(NSc1ccc(NCCSc2ccccc2)c(S(=O)(=O)C(F)(F)F)c1)c1ccc(N2CCN(Cc3ccccc3-c3ccc(Cl)cc3)CC2)cc1. The molecule has 0 saturated carbocycles. The first-order chi connectivity index (χ1) is 29.1. The van der Waals surface area contributed by atoms with Crippen LogP contribution in [0.5, 0.6) is 0 Å². The second-order valence-electron chi connectivity index (χ2n) is 15.0. The lowest BCUT2D eigenvalue weighted by Crippen LogP contribution is -2.46. The second kappa shape index (κ2) is 22.8. The fraction of sp³-hybridized carbons (Fsp3) is 0.326. The molecule has 1 amide bonds. The summed E-state index contributed by atoms with van der Waals surface area (Å²) in [5.74, 6) is 0.837. The lowest BCUT2D eigenvalue weighted by molar-refractivity contribution is -0.0435. The van der Waals surface area contributed by atoms with Gasteiger partial charge in [0.05, 0.1) is 5.69 Å². The van der Waals surface area contributed by atoms with Crippen molar-refractivity contribution in [2.45, 2.75) is 47.5 Å². The Morgan fingerprint density at radius 3 is 2.13 bits per heavy atom. The Balaban J connectivity index is 0.000000800. The number of halogens is 4. The Bertz CT molecular complexity index is 2260. The molecule has 1 saturated heterocycles. The third-order valence-corrected chi connectivity index (χ3v) is 13.5. The molecule has 0 spiro atoms. The van der Waals surface area contributed by atoms with E-state index in [0.717, 1.165) is 79.3 Å². The van der Waals surface area contributed by atoms with Gasteiger partial charge in [-0.15, -0.1) is 11.8 Å². The van der Waals surface area contributed by atoms with Crippen LogP contribution in [-0.2, 0) is 16.4 Å². The molecule has 8 nitrogen and oxygen atoms in total. The summed E-state index contributed by atoms with van der Waals surface area (Å²) < 4.78 is 68.5. The number of alkyl halides is 3. The van der Waals surface area contributed by atoms with E-state index in [-0.39, 0.29) is 17.1 Å². The van der Waals surface area contributed by atoms with E-state index in [1.165, 1.54) is 41.6 Å². The van der Waals surface area contributed by atoms with Crippen LogP contribution < -0.4 is 14.9 Å². The van der Waals surface area contributed by atoms with Gasteiger partial charge in [-0.05, 0) is 115 Å². The molecule has 61 heavy (non-hydrogen) atoms. The number of carbonyl (C=O) groups is 1. The minimum absolute atomic E-state index is 0.135. The maximum atomic E-state index is 13.6. The van der Waals surface area contributed by atoms with Crippen LogP contribution in [0.1, 0.15) is 36.7 Å². The van der Waals surface area contributed by atoms with Gasteiger partial charge in [-0.25, -0.2) is 8.42 Å². The van der Waals surface area contributed by atoms with Gasteiger partial charge in [0.25, 0.3) is 15.7 Å². The van der Waals surface area contributed by atoms with Gasteiger partial charge in [0, 0.05) is 77.6 Å². The number of amides is 1. The summed E-state index contributed by atoms with van der Waals surface area (Å²) in [5, 5.41) is 3.53. The topological polar surface area (TPSA) is 85.0 Å². The number of nitrogens with one attached hydrogen (secondary N) is 2. The van der Waals surface area contributed by atoms with Crippen molar-refractivity contribution < 1.29 is 26.4 Å². The van der Waals surface area contributed by atoms with Gasteiger partial charge in [0.15, 0.2) is 0 Å². The highest BCUT2D eigenvalue weighted by molar-refractivity contribution is 7.99. The number of nitrogens with zero attached hydrogens (tertiary/aromatic N) is 3. The fourth-order valence-electron chi connectivity index (χ4n) is 6.65. The molecule has 0 radical (unpaired) electrons.